The van der Waals surface area contributed by atoms with Gasteiger partial charge >= 0.3 is 6.18 Å². The molecule has 0 aliphatic carbocycles. The smallest absolute Gasteiger partial charge is 0.416 e. The molecular formula is C20H13Cl2F3O2. The topological polar surface area (TPSA) is 18.5 Å². The van der Waals surface area contributed by atoms with Gasteiger partial charge in [0.2, 0.25) is 0 Å². The van der Waals surface area contributed by atoms with Gasteiger partial charge in [-0.2, -0.15) is 13.2 Å². The van der Waals surface area contributed by atoms with Crippen LogP contribution in [-0.4, -0.2) is 0 Å². The van der Waals surface area contributed by atoms with Gasteiger partial charge in [0, 0.05) is 11.1 Å². The summed E-state index contributed by atoms with van der Waals surface area (Å²) in [6, 6.07) is 14.9. The van der Waals surface area contributed by atoms with Crippen molar-refractivity contribution in [1.82, 2.24) is 0 Å². The average molecular weight is 413 g/mol. The minimum absolute atomic E-state index is 0.258. The van der Waals surface area contributed by atoms with E-state index in [9.17, 15) is 13.2 Å². The average Bonchev–Trinajstić information content (AvgIpc) is 2.58. The second-order valence-electron chi connectivity index (χ2n) is 5.73. The summed E-state index contributed by atoms with van der Waals surface area (Å²) in [4.78, 5) is 0. The van der Waals surface area contributed by atoms with Gasteiger partial charge in [-0.05, 0) is 61.0 Å². The Balaban J connectivity index is 1.78. The first-order chi connectivity index (χ1) is 12.7. The highest BCUT2D eigenvalue weighted by atomic mass is 35.5. The Hall–Kier alpha value is -2.37. The van der Waals surface area contributed by atoms with Gasteiger partial charge in [-0.25, -0.2) is 0 Å². The molecule has 0 saturated carbocycles. The summed E-state index contributed by atoms with van der Waals surface area (Å²) in [5.41, 5.74) is -0.385. The number of benzene rings is 3. The molecule has 3 aromatic carbocycles. The molecule has 0 bridgehead atoms. The number of aryl methyl sites for hydroxylation is 1. The molecule has 0 atom stereocenters. The van der Waals surface area contributed by atoms with Crippen molar-refractivity contribution in [2.24, 2.45) is 0 Å². The van der Waals surface area contributed by atoms with Crippen LogP contribution in [0.4, 0.5) is 13.2 Å². The van der Waals surface area contributed by atoms with Crippen molar-refractivity contribution < 1.29 is 22.6 Å². The van der Waals surface area contributed by atoms with Crippen LogP contribution >= 0.6 is 23.2 Å². The van der Waals surface area contributed by atoms with Crippen molar-refractivity contribution in [2.45, 2.75) is 13.1 Å². The number of hydrogen-bond acceptors (Lipinski definition) is 2. The van der Waals surface area contributed by atoms with Gasteiger partial charge < -0.3 is 9.47 Å². The molecule has 0 saturated heterocycles. The molecule has 140 valence electrons. The van der Waals surface area contributed by atoms with Gasteiger partial charge in [0.15, 0.2) is 0 Å². The maximum absolute atomic E-state index is 12.8. The van der Waals surface area contributed by atoms with Crippen LogP contribution in [0.25, 0.3) is 0 Å². The van der Waals surface area contributed by atoms with Crippen LogP contribution in [-0.2, 0) is 6.18 Å². The molecule has 2 nitrogen and oxygen atoms in total. The second-order valence-corrected chi connectivity index (χ2v) is 6.58. The van der Waals surface area contributed by atoms with E-state index in [-0.39, 0.29) is 10.8 Å². The minimum atomic E-state index is -4.40. The van der Waals surface area contributed by atoms with E-state index in [2.05, 4.69) is 0 Å². The van der Waals surface area contributed by atoms with E-state index in [0.29, 0.717) is 27.8 Å². The molecule has 0 spiro atoms. The van der Waals surface area contributed by atoms with Crippen molar-refractivity contribution in [3.63, 3.8) is 0 Å². The number of alkyl halides is 3. The monoisotopic (exact) mass is 412 g/mol. The van der Waals surface area contributed by atoms with Crippen molar-refractivity contribution in [1.29, 1.82) is 0 Å². The molecule has 0 aliphatic rings. The summed E-state index contributed by atoms with van der Waals surface area (Å²) in [7, 11) is 0. The van der Waals surface area contributed by atoms with Crippen LogP contribution in [0.1, 0.15) is 11.1 Å². The van der Waals surface area contributed by atoms with E-state index in [4.69, 9.17) is 32.7 Å². The fourth-order valence-electron chi connectivity index (χ4n) is 2.35. The summed E-state index contributed by atoms with van der Waals surface area (Å²) in [6.07, 6.45) is -4.40. The molecule has 0 heterocycles. The summed E-state index contributed by atoms with van der Waals surface area (Å²) >= 11 is 12.1. The minimum Gasteiger partial charge on any atom is -0.457 e. The van der Waals surface area contributed by atoms with Crippen LogP contribution in [0.5, 0.6) is 23.0 Å². The highest BCUT2D eigenvalue weighted by Gasteiger charge is 2.30. The zero-order valence-corrected chi connectivity index (χ0v) is 15.5. The third kappa shape index (κ3) is 4.87. The van der Waals surface area contributed by atoms with E-state index < -0.39 is 11.7 Å². The van der Waals surface area contributed by atoms with Crippen molar-refractivity contribution in [3.8, 4) is 23.0 Å². The van der Waals surface area contributed by atoms with Crippen molar-refractivity contribution >= 4 is 23.2 Å². The summed E-state index contributed by atoms with van der Waals surface area (Å²) in [5, 5.41) is 0.796. The molecule has 3 aromatic rings. The molecule has 0 aromatic heterocycles. The third-order valence-corrected chi connectivity index (χ3v) is 4.19. The van der Waals surface area contributed by atoms with Gasteiger partial charge in [0.05, 0.1) is 10.6 Å². The molecular weight excluding hydrogens is 400 g/mol. The summed E-state index contributed by atoms with van der Waals surface area (Å²) in [6.45, 7) is 1.54. The fraction of sp³-hybridized carbons (Fsp3) is 0.100. The molecule has 0 aliphatic heterocycles. The molecule has 3 rings (SSSR count). The normalized spacial score (nSPS) is 11.3. The Morgan fingerprint density at radius 3 is 2.11 bits per heavy atom. The zero-order valence-electron chi connectivity index (χ0n) is 14.0. The lowest BCUT2D eigenvalue weighted by Gasteiger charge is -2.14. The van der Waals surface area contributed by atoms with E-state index >= 15 is 0 Å². The van der Waals surface area contributed by atoms with E-state index in [0.717, 1.165) is 12.1 Å². The molecule has 0 amide bonds. The van der Waals surface area contributed by atoms with Crippen LogP contribution in [0, 0.1) is 6.92 Å². The number of rotatable bonds is 4. The first kappa shape index (κ1) is 19.4. The summed E-state index contributed by atoms with van der Waals surface area (Å²) < 4.78 is 49.6. The van der Waals surface area contributed by atoms with Gasteiger partial charge in [0.25, 0.3) is 0 Å². The molecule has 7 heteroatoms. The van der Waals surface area contributed by atoms with E-state index in [1.165, 1.54) is 13.0 Å². The van der Waals surface area contributed by atoms with Gasteiger partial charge in [0.1, 0.15) is 23.0 Å². The Morgan fingerprint density at radius 1 is 0.778 bits per heavy atom. The predicted octanol–water partition coefficient (Wildman–Crippen LogP) is 7.91. The highest BCUT2D eigenvalue weighted by Crippen LogP contribution is 2.37. The van der Waals surface area contributed by atoms with Gasteiger partial charge in [-0.1, -0.05) is 29.3 Å². The first-order valence-corrected chi connectivity index (χ1v) is 8.56. The zero-order chi connectivity index (χ0) is 19.6. The Labute approximate surface area is 164 Å². The lowest BCUT2D eigenvalue weighted by Crippen LogP contribution is -2.05. The number of halogens is 5. The third-order valence-electron chi connectivity index (χ3n) is 3.66. The Kier molecular flexibility index (Phi) is 5.53. The first-order valence-electron chi connectivity index (χ1n) is 7.81. The predicted molar refractivity (Wildman–Crippen MR) is 99.2 cm³/mol. The van der Waals surface area contributed by atoms with Crippen LogP contribution in [0.15, 0.2) is 60.7 Å². The Bertz CT molecular complexity index is 972. The van der Waals surface area contributed by atoms with Gasteiger partial charge in [-0.15, -0.1) is 0 Å². The molecule has 0 unspecified atom stereocenters. The molecule has 27 heavy (non-hydrogen) atoms. The lowest BCUT2D eigenvalue weighted by molar-refractivity contribution is -0.137. The SMILES string of the molecule is Cc1cc(C(F)(F)F)ccc1Oc1ccc(Oc2cccc(Cl)c2)cc1Cl. The molecule has 0 radical (unpaired) electrons. The summed E-state index contributed by atoms with van der Waals surface area (Å²) in [5.74, 6) is 1.61. The second kappa shape index (κ2) is 7.71. The standard InChI is InChI=1S/C20H13Cl2F3O2/c1-12-9-13(20(23,24)25)5-7-18(12)27-19-8-6-16(11-17(19)22)26-15-4-2-3-14(21)10-15/h2-11H,1H3. The van der Waals surface area contributed by atoms with E-state index in [1.54, 1.807) is 42.5 Å². The van der Waals surface area contributed by atoms with Crippen LogP contribution < -0.4 is 9.47 Å². The molecule has 0 fully saturated rings. The lowest BCUT2D eigenvalue weighted by atomic mass is 10.1. The largest absolute Gasteiger partial charge is 0.457 e. The quantitative estimate of drug-likeness (QED) is 0.433. The maximum Gasteiger partial charge on any atom is 0.416 e. The maximum atomic E-state index is 12.8. The Morgan fingerprint density at radius 2 is 1.48 bits per heavy atom. The molecule has 0 N–H and O–H groups in total. The van der Waals surface area contributed by atoms with Crippen LogP contribution in [0.3, 0.4) is 0 Å². The fourth-order valence-corrected chi connectivity index (χ4v) is 2.74. The van der Waals surface area contributed by atoms with Gasteiger partial charge in [-0.3, -0.25) is 0 Å². The number of ether oxygens (including phenoxy) is 2. The van der Waals surface area contributed by atoms with Crippen molar-refractivity contribution in [3.05, 3.63) is 81.8 Å². The highest BCUT2D eigenvalue weighted by molar-refractivity contribution is 6.32. The number of hydrogen-bond donors (Lipinski definition) is 0. The van der Waals surface area contributed by atoms with Crippen LogP contribution in [0.2, 0.25) is 10.0 Å². The van der Waals surface area contributed by atoms with Crippen molar-refractivity contribution in [2.75, 3.05) is 0 Å². The van der Waals surface area contributed by atoms with E-state index in [1.807, 2.05) is 0 Å².